The fourth-order valence-electron chi connectivity index (χ4n) is 0.111. The van der Waals surface area contributed by atoms with Crippen molar-refractivity contribution in [2.45, 2.75) is 0 Å². The lowest BCUT2D eigenvalue weighted by Gasteiger charge is -1.89. The van der Waals surface area contributed by atoms with Gasteiger partial charge < -0.3 is 0 Å². The van der Waals surface area contributed by atoms with Crippen molar-refractivity contribution in [3.63, 3.8) is 0 Å². The molecule has 0 aliphatic heterocycles. The van der Waals surface area contributed by atoms with Gasteiger partial charge in [0.1, 0.15) is 0 Å². The lowest BCUT2D eigenvalue weighted by molar-refractivity contribution is 0.820. The van der Waals surface area contributed by atoms with Crippen LogP contribution in [0, 0.1) is 0 Å². The molecule has 0 aliphatic carbocycles. The molecule has 0 aliphatic rings. The zero-order valence-electron chi connectivity index (χ0n) is 3.37. The van der Waals surface area contributed by atoms with Gasteiger partial charge >= 0.3 is 0 Å². The predicted molar refractivity (Wildman–Crippen MR) is 30.3 cm³/mol. The summed E-state index contributed by atoms with van der Waals surface area (Å²) < 4.78 is 0.866. The average Bonchev–Trinajstić information content (AvgIpc) is 1.35. The van der Waals surface area contributed by atoms with E-state index in [4.69, 9.17) is 5.84 Å². The molecule has 0 amide bonds. The summed E-state index contributed by atoms with van der Waals surface area (Å²) in [5.41, 5.74) is 2.42. The van der Waals surface area contributed by atoms with E-state index in [1.807, 2.05) is 0 Å². The van der Waals surface area contributed by atoms with E-state index >= 15 is 0 Å². The number of halogens is 1. The Labute approximate surface area is 45.5 Å². The maximum Gasteiger partial charge on any atom is 0.0408 e. The Kier molecular flexibility index (Phi) is 3.41. The molecule has 36 valence electrons. The quantitative estimate of drug-likeness (QED) is 0.441. The second kappa shape index (κ2) is 3.33. The molecule has 0 bridgehead atoms. The third-order valence-electron chi connectivity index (χ3n) is 0.294. The summed E-state index contributed by atoms with van der Waals surface area (Å²) in [4.78, 5) is 0. The van der Waals surface area contributed by atoms with Gasteiger partial charge in [0.05, 0.1) is 0 Å². The van der Waals surface area contributed by atoms with Crippen molar-refractivity contribution < 1.29 is 0 Å². The van der Waals surface area contributed by atoms with E-state index in [0.717, 1.165) is 4.48 Å². The molecule has 0 aromatic heterocycles. The summed E-state index contributed by atoms with van der Waals surface area (Å²) in [7, 11) is 0. The fraction of sp³-hybridized carbons (Fsp3) is 0.333. The smallest absolute Gasteiger partial charge is 0.0408 e. The van der Waals surface area contributed by atoms with Gasteiger partial charge in [0.2, 0.25) is 0 Å². The minimum atomic E-state index is 0.625. The van der Waals surface area contributed by atoms with Crippen molar-refractivity contribution in [2.24, 2.45) is 5.84 Å². The third-order valence-corrected chi connectivity index (χ3v) is 0.574. The standard InChI is InChI=1S/C3H7BrN2/c1-3(4)2-6-5/h6H,1-2,5H2. The van der Waals surface area contributed by atoms with Crippen LogP contribution in [0.25, 0.3) is 0 Å². The number of hydrogen-bond acceptors (Lipinski definition) is 2. The fourth-order valence-corrected chi connectivity index (χ4v) is 0.273. The number of hydrazine groups is 1. The Morgan fingerprint density at radius 1 is 2.00 bits per heavy atom. The molecule has 0 heterocycles. The van der Waals surface area contributed by atoms with Crippen molar-refractivity contribution in [1.29, 1.82) is 0 Å². The van der Waals surface area contributed by atoms with Crippen LogP contribution in [0.4, 0.5) is 0 Å². The van der Waals surface area contributed by atoms with Crippen molar-refractivity contribution in [3.8, 4) is 0 Å². The van der Waals surface area contributed by atoms with Crippen molar-refractivity contribution in [2.75, 3.05) is 6.54 Å². The highest BCUT2D eigenvalue weighted by Gasteiger charge is 1.76. The molecule has 0 spiro atoms. The van der Waals surface area contributed by atoms with E-state index in [1.165, 1.54) is 0 Å². The summed E-state index contributed by atoms with van der Waals surface area (Å²) in [6, 6.07) is 0. The van der Waals surface area contributed by atoms with Crippen LogP contribution in [-0.4, -0.2) is 6.54 Å². The minimum Gasteiger partial charge on any atom is -0.271 e. The molecule has 3 N–H and O–H groups in total. The lowest BCUT2D eigenvalue weighted by Crippen LogP contribution is -2.22. The van der Waals surface area contributed by atoms with Crippen LogP contribution < -0.4 is 11.3 Å². The van der Waals surface area contributed by atoms with Crippen LogP contribution in [0.1, 0.15) is 0 Å². The number of rotatable bonds is 2. The monoisotopic (exact) mass is 150 g/mol. The molecular weight excluding hydrogens is 144 g/mol. The molecule has 0 unspecified atom stereocenters. The second-order valence-corrected chi connectivity index (χ2v) is 2.02. The maximum atomic E-state index is 4.89. The van der Waals surface area contributed by atoms with E-state index in [1.54, 1.807) is 0 Å². The molecule has 3 heteroatoms. The molecule has 0 fully saturated rings. The summed E-state index contributed by atoms with van der Waals surface area (Å²) in [6.07, 6.45) is 0. The molecule has 6 heavy (non-hydrogen) atoms. The Morgan fingerprint density at radius 2 is 2.50 bits per heavy atom. The lowest BCUT2D eigenvalue weighted by atomic mass is 10.7. The summed E-state index contributed by atoms with van der Waals surface area (Å²) in [5.74, 6) is 4.89. The molecule has 0 saturated heterocycles. The van der Waals surface area contributed by atoms with Gasteiger partial charge in [-0.3, -0.25) is 11.3 Å². The Hall–Kier alpha value is 0.140. The molecule has 0 rings (SSSR count). The summed E-state index contributed by atoms with van der Waals surface area (Å²) in [5, 5.41) is 0. The maximum absolute atomic E-state index is 4.89. The van der Waals surface area contributed by atoms with E-state index < -0.39 is 0 Å². The third kappa shape index (κ3) is 4.14. The van der Waals surface area contributed by atoms with E-state index in [-0.39, 0.29) is 0 Å². The molecular formula is C3H7BrN2. The topological polar surface area (TPSA) is 38.0 Å². The normalized spacial score (nSPS) is 8.33. The highest BCUT2D eigenvalue weighted by Crippen LogP contribution is 1.94. The Morgan fingerprint density at radius 3 is 2.50 bits per heavy atom. The summed E-state index contributed by atoms with van der Waals surface area (Å²) >= 11 is 3.10. The zero-order chi connectivity index (χ0) is 4.99. The Balaban J connectivity index is 2.83. The van der Waals surface area contributed by atoms with Gasteiger partial charge in [-0.15, -0.1) is 0 Å². The van der Waals surface area contributed by atoms with Gasteiger partial charge in [0.25, 0.3) is 0 Å². The van der Waals surface area contributed by atoms with Gasteiger partial charge in [0.15, 0.2) is 0 Å². The zero-order valence-corrected chi connectivity index (χ0v) is 4.96. The molecule has 0 aromatic carbocycles. The van der Waals surface area contributed by atoms with E-state index in [0.29, 0.717) is 6.54 Å². The largest absolute Gasteiger partial charge is 0.271 e. The van der Waals surface area contributed by atoms with E-state index in [2.05, 4.69) is 27.9 Å². The molecule has 0 radical (unpaired) electrons. The van der Waals surface area contributed by atoms with Gasteiger partial charge in [-0.25, -0.2) is 0 Å². The summed E-state index contributed by atoms with van der Waals surface area (Å²) in [6.45, 7) is 4.14. The van der Waals surface area contributed by atoms with Gasteiger partial charge in [-0.1, -0.05) is 22.5 Å². The van der Waals surface area contributed by atoms with E-state index in [9.17, 15) is 0 Å². The SMILES string of the molecule is C=C(Br)CNN. The number of nitrogens with two attached hydrogens (primary N) is 1. The number of nitrogens with one attached hydrogen (secondary N) is 1. The highest BCUT2D eigenvalue weighted by molar-refractivity contribution is 9.11. The van der Waals surface area contributed by atoms with Gasteiger partial charge in [-0.2, -0.15) is 0 Å². The Bertz CT molecular complexity index is 52.8. The molecule has 0 aromatic rings. The van der Waals surface area contributed by atoms with Crippen molar-refractivity contribution in [3.05, 3.63) is 11.1 Å². The van der Waals surface area contributed by atoms with Crippen LogP contribution in [0.5, 0.6) is 0 Å². The first-order valence-electron chi connectivity index (χ1n) is 1.54. The first kappa shape index (κ1) is 6.14. The van der Waals surface area contributed by atoms with Crippen LogP contribution in [0.2, 0.25) is 0 Å². The second-order valence-electron chi connectivity index (χ2n) is 0.898. The van der Waals surface area contributed by atoms with Crippen LogP contribution in [0.3, 0.4) is 0 Å². The van der Waals surface area contributed by atoms with Crippen molar-refractivity contribution >= 4 is 15.9 Å². The highest BCUT2D eigenvalue weighted by atomic mass is 79.9. The number of hydrogen-bond donors (Lipinski definition) is 2. The molecule has 2 nitrogen and oxygen atoms in total. The van der Waals surface area contributed by atoms with Gasteiger partial charge in [-0.05, 0) is 0 Å². The van der Waals surface area contributed by atoms with Crippen molar-refractivity contribution in [1.82, 2.24) is 5.43 Å². The predicted octanol–water partition coefficient (Wildman–Crippen LogP) is 0.358. The van der Waals surface area contributed by atoms with Gasteiger partial charge in [0, 0.05) is 11.0 Å². The average molecular weight is 151 g/mol. The molecule has 0 atom stereocenters. The van der Waals surface area contributed by atoms with Crippen LogP contribution in [-0.2, 0) is 0 Å². The van der Waals surface area contributed by atoms with Crippen LogP contribution in [0.15, 0.2) is 11.1 Å². The minimum absolute atomic E-state index is 0.625. The molecule has 0 saturated carbocycles. The van der Waals surface area contributed by atoms with Crippen LogP contribution >= 0.6 is 15.9 Å². The first-order chi connectivity index (χ1) is 2.77. The first-order valence-corrected chi connectivity index (χ1v) is 2.33.